The number of esters is 2. The summed E-state index contributed by atoms with van der Waals surface area (Å²) in [4.78, 5) is 24.0. The fraction of sp³-hybridized carbons (Fsp3) is 0.590. The van der Waals surface area contributed by atoms with E-state index in [1.54, 1.807) is 24.3 Å². The highest BCUT2D eigenvalue weighted by atomic mass is 16.7. The van der Waals surface area contributed by atoms with Crippen molar-refractivity contribution in [2.45, 2.75) is 108 Å². The Kier molecular flexibility index (Phi) is 15.6. The van der Waals surface area contributed by atoms with E-state index >= 15 is 0 Å². The summed E-state index contributed by atoms with van der Waals surface area (Å²) < 4.78 is 47.3. The lowest BCUT2D eigenvalue weighted by atomic mass is 9.98. The van der Waals surface area contributed by atoms with Gasteiger partial charge in [-0.1, -0.05) is 30.4 Å². The Morgan fingerprint density at radius 3 is 2.34 bits per heavy atom. The number of aliphatic hydroxyl groups is 1. The molecular formula is C39H52O11. The van der Waals surface area contributed by atoms with E-state index in [4.69, 9.17) is 37.9 Å². The monoisotopic (exact) mass is 696 g/mol. The van der Waals surface area contributed by atoms with Crippen LogP contribution in [0.25, 0.3) is 0 Å². The van der Waals surface area contributed by atoms with E-state index < -0.39 is 12.1 Å². The minimum atomic E-state index is -0.611. The van der Waals surface area contributed by atoms with Crippen LogP contribution in [0.1, 0.15) is 81.0 Å². The molecule has 7 unspecified atom stereocenters. The van der Waals surface area contributed by atoms with Crippen molar-refractivity contribution in [1.29, 1.82) is 0 Å². The third-order valence-electron chi connectivity index (χ3n) is 9.19. The molecule has 0 spiro atoms. The van der Waals surface area contributed by atoms with E-state index in [0.717, 1.165) is 44.3 Å². The van der Waals surface area contributed by atoms with Crippen LogP contribution in [-0.2, 0) is 33.2 Å². The third-order valence-corrected chi connectivity index (χ3v) is 9.19. The number of carbonyl (C=O) groups is 2. The van der Waals surface area contributed by atoms with Crippen molar-refractivity contribution in [2.75, 3.05) is 33.5 Å². The normalized spacial score (nSPS) is 26.0. The van der Waals surface area contributed by atoms with Crippen LogP contribution >= 0.6 is 0 Å². The molecule has 3 aliphatic rings. The van der Waals surface area contributed by atoms with Crippen LogP contribution in [0, 0.1) is 5.92 Å². The fourth-order valence-corrected chi connectivity index (χ4v) is 6.49. The largest absolute Gasteiger partial charge is 0.491 e. The molecule has 2 aromatic rings. The van der Waals surface area contributed by atoms with Gasteiger partial charge < -0.3 is 43.0 Å². The zero-order valence-electron chi connectivity index (χ0n) is 29.0. The topological polar surface area (TPSA) is 128 Å². The van der Waals surface area contributed by atoms with Gasteiger partial charge in [0, 0.05) is 32.0 Å². The van der Waals surface area contributed by atoms with E-state index in [9.17, 15) is 14.7 Å². The van der Waals surface area contributed by atoms with Crippen molar-refractivity contribution in [3.05, 3.63) is 72.3 Å². The minimum absolute atomic E-state index is 0.195. The number of carbonyl (C=O) groups excluding carboxylic acids is 2. The second kappa shape index (κ2) is 20.5. The first-order chi connectivity index (χ1) is 24.5. The lowest BCUT2D eigenvalue weighted by Gasteiger charge is -2.32. The molecule has 2 aromatic carbocycles. The Bertz CT molecular complexity index is 1310. The zero-order valence-corrected chi connectivity index (χ0v) is 29.0. The minimum Gasteiger partial charge on any atom is -0.491 e. The van der Waals surface area contributed by atoms with Gasteiger partial charge in [0.2, 0.25) is 0 Å². The second-order valence-electron chi connectivity index (χ2n) is 13.0. The second-order valence-corrected chi connectivity index (χ2v) is 13.0. The molecule has 7 atom stereocenters. The maximum absolute atomic E-state index is 12.4. The third kappa shape index (κ3) is 12.2. The van der Waals surface area contributed by atoms with E-state index in [1.807, 2.05) is 42.5 Å². The van der Waals surface area contributed by atoms with Crippen molar-refractivity contribution < 1.29 is 52.6 Å². The number of benzene rings is 2. The number of hydrogen-bond donors (Lipinski definition) is 1. The van der Waals surface area contributed by atoms with Crippen molar-refractivity contribution in [3.63, 3.8) is 0 Å². The first-order valence-corrected chi connectivity index (χ1v) is 18.0. The highest BCUT2D eigenvalue weighted by Gasteiger charge is 2.45. The van der Waals surface area contributed by atoms with Crippen molar-refractivity contribution in [3.8, 4) is 11.5 Å². The molecule has 0 aromatic heterocycles. The average Bonchev–Trinajstić information content (AvgIpc) is 3.44. The summed E-state index contributed by atoms with van der Waals surface area (Å²) in [7, 11) is 1.32. The summed E-state index contributed by atoms with van der Waals surface area (Å²) in [6.07, 6.45) is 10.1. The smallest absolute Gasteiger partial charge is 0.337 e. The predicted octanol–water partition coefficient (Wildman–Crippen LogP) is 6.16. The maximum atomic E-state index is 12.4. The summed E-state index contributed by atoms with van der Waals surface area (Å²) in [6.45, 7) is 1.89. The highest BCUT2D eigenvalue weighted by molar-refractivity contribution is 5.89. The molecule has 5 rings (SSSR count). The number of ether oxygens (including phenoxy) is 8. The molecule has 2 aliphatic heterocycles. The van der Waals surface area contributed by atoms with E-state index in [2.05, 4.69) is 0 Å². The summed E-state index contributed by atoms with van der Waals surface area (Å²) in [5, 5.41) is 11.2. The predicted molar refractivity (Wildman–Crippen MR) is 184 cm³/mol. The van der Waals surface area contributed by atoms with E-state index in [1.165, 1.54) is 7.11 Å². The number of para-hydroxylation sites is 1. The Balaban J connectivity index is 1.14. The first kappa shape index (κ1) is 37.9. The van der Waals surface area contributed by atoms with Crippen LogP contribution in [0.3, 0.4) is 0 Å². The Morgan fingerprint density at radius 2 is 1.64 bits per heavy atom. The van der Waals surface area contributed by atoms with Gasteiger partial charge in [-0.15, -0.1) is 0 Å². The summed E-state index contributed by atoms with van der Waals surface area (Å²) in [5.41, 5.74) is 0.386. The Labute approximate surface area is 295 Å². The number of methoxy groups -OCH3 is 1. The van der Waals surface area contributed by atoms with Crippen LogP contribution in [-0.4, -0.2) is 87.6 Å². The molecule has 1 saturated carbocycles. The van der Waals surface area contributed by atoms with Gasteiger partial charge in [-0.2, -0.15) is 0 Å². The molecule has 11 heteroatoms. The van der Waals surface area contributed by atoms with E-state index in [0.29, 0.717) is 56.8 Å². The van der Waals surface area contributed by atoms with Gasteiger partial charge in [-0.25, -0.2) is 4.79 Å². The molecule has 1 N–H and O–H groups in total. The molecule has 0 amide bonds. The van der Waals surface area contributed by atoms with Crippen LogP contribution in [0.2, 0.25) is 0 Å². The van der Waals surface area contributed by atoms with Crippen LogP contribution in [0.4, 0.5) is 0 Å². The molecule has 1 aliphatic carbocycles. The van der Waals surface area contributed by atoms with Crippen LogP contribution in [0.5, 0.6) is 11.5 Å². The molecule has 11 nitrogen and oxygen atoms in total. The standard InChI is InChI=1S/C39H52O11/c1-43-39(42)28-19-21-30(22-20-28)48-35(41)16-8-3-2-7-15-32-33(40)25-34(50-37-18-10-12-24-45-37)38(32)47-27-31(49-36-17-9-11-23-44-36)26-46-29-13-5-4-6-14-29/h2,4-7,13-14,19-22,31-34,36-38,40H,3,8-12,15-18,23-27H2,1H3/b7-2+. The lowest BCUT2D eigenvalue weighted by Crippen LogP contribution is -2.40. The fourth-order valence-electron chi connectivity index (χ4n) is 6.49. The molecule has 3 fully saturated rings. The molecule has 2 heterocycles. The number of allylic oxidation sites excluding steroid dienone is 2. The molecule has 0 bridgehead atoms. The van der Waals surface area contributed by atoms with Gasteiger partial charge in [0.05, 0.1) is 37.6 Å². The zero-order chi connectivity index (χ0) is 35.0. The van der Waals surface area contributed by atoms with Crippen molar-refractivity contribution >= 4 is 11.9 Å². The van der Waals surface area contributed by atoms with Gasteiger partial charge >= 0.3 is 11.9 Å². The lowest BCUT2D eigenvalue weighted by molar-refractivity contribution is -0.226. The number of rotatable bonds is 18. The number of unbranched alkanes of at least 4 members (excludes halogenated alkanes) is 1. The van der Waals surface area contributed by atoms with Crippen LogP contribution in [0.15, 0.2) is 66.7 Å². The van der Waals surface area contributed by atoms with Crippen LogP contribution < -0.4 is 9.47 Å². The van der Waals surface area contributed by atoms with E-state index in [-0.39, 0.29) is 55.8 Å². The van der Waals surface area contributed by atoms with Gasteiger partial charge in [0.15, 0.2) is 12.6 Å². The summed E-state index contributed by atoms with van der Waals surface area (Å²) >= 11 is 0. The number of aliphatic hydroxyl groups excluding tert-OH is 1. The molecule has 50 heavy (non-hydrogen) atoms. The van der Waals surface area contributed by atoms with Gasteiger partial charge in [-0.3, -0.25) is 4.79 Å². The van der Waals surface area contributed by atoms with Gasteiger partial charge in [0.1, 0.15) is 24.2 Å². The summed E-state index contributed by atoms with van der Waals surface area (Å²) in [5.74, 6) is 0.138. The average molecular weight is 697 g/mol. The highest BCUT2D eigenvalue weighted by Crippen LogP contribution is 2.36. The molecule has 0 radical (unpaired) electrons. The summed E-state index contributed by atoms with van der Waals surface area (Å²) in [6, 6.07) is 15.9. The Morgan fingerprint density at radius 1 is 0.900 bits per heavy atom. The molecule has 2 saturated heterocycles. The first-order valence-electron chi connectivity index (χ1n) is 18.0. The number of hydrogen-bond acceptors (Lipinski definition) is 11. The molecule has 274 valence electrons. The Hall–Kier alpha value is -3.32. The quantitative estimate of drug-likeness (QED) is 0.0833. The van der Waals surface area contributed by atoms with Crippen molar-refractivity contribution in [1.82, 2.24) is 0 Å². The maximum Gasteiger partial charge on any atom is 0.337 e. The SMILES string of the molecule is COC(=O)c1ccc(OC(=O)CCC/C=C/CC2C(O)CC(OC3CCCCO3)C2OCC(COc2ccccc2)OC2CCCCO2)cc1. The molecular weight excluding hydrogens is 644 g/mol. The van der Waals surface area contributed by atoms with Crippen molar-refractivity contribution in [2.24, 2.45) is 5.92 Å². The van der Waals surface area contributed by atoms with Gasteiger partial charge in [0.25, 0.3) is 0 Å². The van der Waals surface area contributed by atoms with Gasteiger partial charge in [-0.05, 0) is 94.2 Å².